The van der Waals surface area contributed by atoms with Gasteiger partial charge in [-0.3, -0.25) is 9.59 Å². The first-order valence-electron chi connectivity index (χ1n) is 4.92. The van der Waals surface area contributed by atoms with Crippen molar-refractivity contribution < 1.29 is 9.59 Å². The zero-order chi connectivity index (χ0) is 10.2. The van der Waals surface area contributed by atoms with Crippen LogP contribution in [0.4, 0.5) is 0 Å². The van der Waals surface area contributed by atoms with Gasteiger partial charge >= 0.3 is 0 Å². The molecule has 1 unspecified atom stereocenters. The number of hydrogen-bond donors (Lipinski definition) is 0. The molecule has 1 aliphatic carbocycles. The summed E-state index contributed by atoms with van der Waals surface area (Å²) in [7, 11) is 0. The molecule has 1 atom stereocenters. The lowest BCUT2D eigenvalue weighted by Crippen LogP contribution is -2.32. The smallest absolute Gasteiger partial charge is 0.148 e. The number of Topliss-reactive ketones (excluding diaryl/α,β-unsaturated/α-hetero) is 2. The van der Waals surface area contributed by atoms with Crippen molar-refractivity contribution in [3.63, 3.8) is 0 Å². The molecule has 0 aliphatic heterocycles. The van der Waals surface area contributed by atoms with Crippen LogP contribution in [0.3, 0.4) is 0 Å². The minimum absolute atomic E-state index is 0.0735. The molecule has 0 N–H and O–H groups in total. The molecule has 1 rings (SSSR count). The Bertz CT molecular complexity index is 231. The van der Waals surface area contributed by atoms with Crippen LogP contribution in [0.1, 0.15) is 40.5 Å². The number of carbonyl (C=O) groups excluding carboxylic acids is 2. The molecule has 2 nitrogen and oxygen atoms in total. The van der Waals surface area contributed by atoms with Gasteiger partial charge in [0, 0.05) is 11.3 Å². The van der Waals surface area contributed by atoms with Crippen LogP contribution in [-0.2, 0) is 9.59 Å². The second kappa shape index (κ2) is 3.24. The van der Waals surface area contributed by atoms with Gasteiger partial charge in [-0.1, -0.05) is 20.8 Å². The van der Waals surface area contributed by atoms with Crippen molar-refractivity contribution in [2.75, 3.05) is 0 Å². The highest BCUT2D eigenvalue weighted by Crippen LogP contribution is 2.34. The van der Waals surface area contributed by atoms with E-state index >= 15 is 0 Å². The largest absolute Gasteiger partial charge is 0.299 e. The Kier molecular flexibility index (Phi) is 2.60. The molecular formula is C11H18O2. The summed E-state index contributed by atoms with van der Waals surface area (Å²) in [5, 5.41) is 0. The summed E-state index contributed by atoms with van der Waals surface area (Å²) in [6, 6.07) is 0. The van der Waals surface area contributed by atoms with Crippen molar-refractivity contribution in [1.82, 2.24) is 0 Å². The molecular weight excluding hydrogens is 164 g/mol. The van der Waals surface area contributed by atoms with E-state index in [9.17, 15) is 9.59 Å². The standard InChI is InChI=1S/C11H18O2/c1-7(9(12)8-5-6-8)10(13)11(2,3)4/h7-8H,5-6H2,1-4H3. The molecule has 0 saturated heterocycles. The van der Waals surface area contributed by atoms with Crippen LogP contribution in [0, 0.1) is 17.3 Å². The third-order valence-corrected chi connectivity index (χ3v) is 2.54. The summed E-state index contributed by atoms with van der Waals surface area (Å²) in [6.45, 7) is 7.35. The Labute approximate surface area is 79.7 Å². The minimum atomic E-state index is -0.396. The van der Waals surface area contributed by atoms with Crippen molar-refractivity contribution in [1.29, 1.82) is 0 Å². The molecule has 1 fully saturated rings. The van der Waals surface area contributed by atoms with Crippen LogP contribution in [0.5, 0.6) is 0 Å². The molecule has 1 saturated carbocycles. The summed E-state index contributed by atoms with van der Waals surface area (Å²) in [4.78, 5) is 23.3. The SMILES string of the molecule is CC(C(=O)C1CC1)C(=O)C(C)(C)C. The van der Waals surface area contributed by atoms with Crippen LogP contribution in [0.2, 0.25) is 0 Å². The average molecular weight is 182 g/mol. The van der Waals surface area contributed by atoms with Crippen LogP contribution < -0.4 is 0 Å². The van der Waals surface area contributed by atoms with Crippen molar-refractivity contribution in [2.45, 2.75) is 40.5 Å². The molecule has 0 aromatic rings. The van der Waals surface area contributed by atoms with Gasteiger partial charge in [0.25, 0.3) is 0 Å². The highest BCUT2D eigenvalue weighted by molar-refractivity contribution is 6.05. The molecule has 0 amide bonds. The van der Waals surface area contributed by atoms with E-state index in [1.54, 1.807) is 6.92 Å². The Hall–Kier alpha value is -0.660. The summed E-state index contributed by atoms with van der Waals surface area (Å²) >= 11 is 0. The fraction of sp³-hybridized carbons (Fsp3) is 0.818. The van der Waals surface area contributed by atoms with E-state index in [0.29, 0.717) is 0 Å². The van der Waals surface area contributed by atoms with Gasteiger partial charge in [-0.25, -0.2) is 0 Å². The Morgan fingerprint density at radius 2 is 1.69 bits per heavy atom. The number of hydrogen-bond acceptors (Lipinski definition) is 2. The lowest BCUT2D eigenvalue weighted by Gasteiger charge is -2.20. The lowest BCUT2D eigenvalue weighted by molar-refractivity contribution is -0.137. The quantitative estimate of drug-likeness (QED) is 0.627. The summed E-state index contributed by atoms with van der Waals surface area (Å²) in [6.07, 6.45) is 1.97. The monoisotopic (exact) mass is 182 g/mol. The highest BCUT2D eigenvalue weighted by atomic mass is 16.2. The minimum Gasteiger partial charge on any atom is -0.299 e. The number of ketones is 2. The molecule has 0 aromatic heterocycles. The molecule has 0 bridgehead atoms. The maximum absolute atomic E-state index is 11.7. The summed E-state index contributed by atoms with van der Waals surface area (Å²) < 4.78 is 0. The van der Waals surface area contributed by atoms with Crippen molar-refractivity contribution in [3.05, 3.63) is 0 Å². The normalized spacial score (nSPS) is 19.7. The van der Waals surface area contributed by atoms with Crippen LogP contribution in [-0.4, -0.2) is 11.6 Å². The second-order valence-corrected chi connectivity index (χ2v) is 5.01. The van der Waals surface area contributed by atoms with Gasteiger partial charge < -0.3 is 0 Å². The third-order valence-electron chi connectivity index (χ3n) is 2.54. The molecule has 0 heterocycles. The molecule has 13 heavy (non-hydrogen) atoms. The number of carbonyl (C=O) groups is 2. The van der Waals surface area contributed by atoms with E-state index in [4.69, 9.17) is 0 Å². The van der Waals surface area contributed by atoms with Crippen molar-refractivity contribution in [3.8, 4) is 0 Å². The summed E-state index contributed by atoms with van der Waals surface area (Å²) in [5.41, 5.74) is -0.385. The maximum Gasteiger partial charge on any atom is 0.148 e. The Morgan fingerprint density at radius 1 is 1.23 bits per heavy atom. The summed E-state index contributed by atoms with van der Waals surface area (Å²) in [5.74, 6) is 0.0260. The fourth-order valence-electron chi connectivity index (χ4n) is 1.50. The van der Waals surface area contributed by atoms with Gasteiger partial charge in [-0.05, 0) is 19.8 Å². The van der Waals surface area contributed by atoms with Gasteiger partial charge in [-0.2, -0.15) is 0 Å². The molecule has 0 aromatic carbocycles. The van der Waals surface area contributed by atoms with E-state index in [0.717, 1.165) is 12.8 Å². The van der Waals surface area contributed by atoms with Gasteiger partial charge in [0.2, 0.25) is 0 Å². The zero-order valence-electron chi connectivity index (χ0n) is 8.89. The van der Waals surface area contributed by atoms with Crippen molar-refractivity contribution in [2.24, 2.45) is 17.3 Å². The molecule has 2 heteroatoms. The van der Waals surface area contributed by atoms with Crippen LogP contribution in [0.15, 0.2) is 0 Å². The molecule has 0 spiro atoms. The fourth-order valence-corrected chi connectivity index (χ4v) is 1.50. The average Bonchev–Trinajstić information content (AvgIpc) is 2.81. The first kappa shape index (κ1) is 10.4. The second-order valence-electron chi connectivity index (χ2n) is 5.01. The van der Waals surface area contributed by atoms with Gasteiger partial charge in [0.15, 0.2) is 0 Å². The van der Waals surface area contributed by atoms with Crippen molar-refractivity contribution >= 4 is 11.6 Å². The van der Waals surface area contributed by atoms with E-state index in [2.05, 4.69) is 0 Å². The predicted molar refractivity (Wildman–Crippen MR) is 51.4 cm³/mol. The zero-order valence-corrected chi connectivity index (χ0v) is 8.89. The van der Waals surface area contributed by atoms with Crippen LogP contribution >= 0.6 is 0 Å². The first-order valence-corrected chi connectivity index (χ1v) is 4.92. The lowest BCUT2D eigenvalue weighted by atomic mass is 9.81. The molecule has 74 valence electrons. The van der Waals surface area contributed by atoms with Crippen LogP contribution in [0.25, 0.3) is 0 Å². The Balaban J connectivity index is 2.61. The Morgan fingerprint density at radius 3 is 2.00 bits per heavy atom. The van der Waals surface area contributed by atoms with Gasteiger partial charge in [0.1, 0.15) is 11.6 Å². The topological polar surface area (TPSA) is 34.1 Å². The van der Waals surface area contributed by atoms with Gasteiger partial charge in [-0.15, -0.1) is 0 Å². The van der Waals surface area contributed by atoms with E-state index in [1.807, 2.05) is 20.8 Å². The van der Waals surface area contributed by atoms with E-state index in [1.165, 1.54) is 0 Å². The molecule has 1 aliphatic rings. The van der Waals surface area contributed by atoms with E-state index in [-0.39, 0.29) is 22.9 Å². The third kappa shape index (κ3) is 2.39. The highest BCUT2D eigenvalue weighted by Gasteiger charge is 2.38. The van der Waals surface area contributed by atoms with E-state index < -0.39 is 5.92 Å². The van der Waals surface area contributed by atoms with Gasteiger partial charge in [0.05, 0.1) is 5.92 Å². The number of rotatable bonds is 3. The predicted octanol–water partition coefficient (Wildman–Crippen LogP) is 2.22. The first-order chi connectivity index (χ1) is 5.84. The molecule has 0 radical (unpaired) electrons. The maximum atomic E-state index is 11.7.